The van der Waals surface area contributed by atoms with Crippen molar-refractivity contribution in [3.05, 3.63) is 63.7 Å². The Balaban J connectivity index is 1.66. The molecule has 1 unspecified atom stereocenters. The fraction of sp³-hybridized carbons (Fsp3) is 0.480. The molecular weight excluding hydrogens is 408 g/mol. The zero-order valence-corrected chi connectivity index (χ0v) is 20.3. The van der Waals surface area contributed by atoms with E-state index in [0.717, 1.165) is 27.8 Å². The highest BCUT2D eigenvalue weighted by molar-refractivity contribution is 7.89. The number of hydrogen-bond donors (Lipinski definition) is 1. The van der Waals surface area contributed by atoms with Crippen LogP contribution in [0.15, 0.2) is 35.2 Å². The Bertz CT molecular complexity index is 1060. The minimum atomic E-state index is -3.56. The number of aryl methyl sites for hydroxylation is 5. The van der Waals surface area contributed by atoms with Crippen LogP contribution in [-0.2, 0) is 14.8 Å². The van der Waals surface area contributed by atoms with E-state index in [4.69, 9.17) is 0 Å². The number of sulfonamides is 1. The lowest BCUT2D eigenvalue weighted by Crippen LogP contribution is -2.43. The van der Waals surface area contributed by atoms with Gasteiger partial charge in [-0.15, -0.1) is 0 Å². The third-order valence-electron chi connectivity index (χ3n) is 6.29. The number of carbonyl (C=O) groups is 1. The summed E-state index contributed by atoms with van der Waals surface area (Å²) in [7, 11) is -3.56. The van der Waals surface area contributed by atoms with Crippen LogP contribution in [0.5, 0.6) is 0 Å². The van der Waals surface area contributed by atoms with E-state index in [1.54, 1.807) is 0 Å². The van der Waals surface area contributed by atoms with Gasteiger partial charge in [0.2, 0.25) is 15.9 Å². The van der Waals surface area contributed by atoms with E-state index in [2.05, 4.69) is 30.4 Å². The molecule has 168 valence electrons. The molecule has 1 aliphatic heterocycles. The van der Waals surface area contributed by atoms with Crippen LogP contribution in [0, 0.1) is 40.5 Å². The van der Waals surface area contributed by atoms with Crippen molar-refractivity contribution in [2.75, 3.05) is 13.1 Å². The molecule has 5 nitrogen and oxygen atoms in total. The molecule has 1 N–H and O–H groups in total. The molecule has 0 spiro atoms. The molecule has 1 fully saturated rings. The number of rotatable bonds is 5. The Labute approximate surface area is 186 Å². The van der Waals surface area contributed by atoms with Gasteiger partial charge in [-0.25, -0.2) is 8.42 Å². The van der Waals surface area contributed by atoms with Gasteiger partial charge in [-0.05, 0) is 76.6 Å². The lowest BCUT2D eigenvalue weighted by molar-refractivity contribution is -0.126. The van der Waals surface area contributed by atoms with Gasteiger partial charge in [-0.1, -0.05) is 41.5 Å². The first-order valence-electron chi connectivity index (χ1n) is 11.0. The summed E-state index contributed by atoms with van der Waals surface area (Å²) in [6.07, 6.45) is 1.07. The van der Waals surface area contributed by atoms with E-state index in [9.17, 15) is 13.2 Å². The number of nitrogens with one attached hydrogen (secondary N) is 1. The molecule has 1 saturated heterocycles. The quantitative estimate of drug-likeness (QED) is 0.741. The molecule has 2 aromatic carbocycles. The monoisotopic (exact) mass is 442 g/mol. The van der Waals surface area contributed by atoms with Gasteiger partial charge in [-0.2, -0.15) is 4.31 Å². The fourth-order valence-electron chi connectivity index (χ4n) is 4.70. The van der Waals surface area contributed by atoms with Crippen LogP contribution in [0.2, 0.25) is 0 Å². The third kappa shape index (κ3) is 5.01. The highest BCUT2D eigenvalue weighted by Crippen LogP contribution is 2.29. The summed E-state index contributed by atoms with van der Waals surface area (Å²) < 4.78 is 28.1. The fourth-order valence-corrected chi connectivity index (χ4v) is 6.58. The number of amides is 1. The van der Waals surface area contributed by atoms with Crippen molar-refractivity contribution in [2.45, 2.75) is 65.3 Å². The average Bonchev–Trinajstić information content (AvgIpc) is 2.68. The summed E-state index contributed by atoms with van der Waals surface area (Å²) in [6, 6.07) is 10.0. The second-order valence-electron chi connectivity index (χ2n) is 9.00. The maximum atomic E-state index is 13.3. The SMILES string of the molecule is Cc1cc(C)c(S(=O)(=O)N2CCC(C(=O)NC(C)c3cc(C)ccc3C)CC2)c(C)c1. The predicted molar refractivity (Wildman–Crippen MR) is 125 cm³/mol. The van der Waals surface area contributed by atoms with E-state index in [0.29, 0.717) is 30.8 Å². The van der Waals surface area contributed by atoms with Crippen molar-refractivity contribution >= 4 is 15.9 Å². The van der Waals surface area contributed by atoms with Crippen molar-refractivity contribution in [3.63, 3.8) is 0 Å². The largest absolute Gasteiger partial charge is 0.349 e. The Morgan fingerprint density at radius 1 is 0.935 bits per heavy atom. The highest BCUT2D eigenvalue weighted by atomic mass is 32.2. The Morgan fingerprint density at radius 3 is 2.10 bits per heavy atom. The molecule has 1 heterocycles. The molecule has 0 aromatic heterocycles. The first-order chi connectivity index (χ1) is 14.5. The van der Waals surface area contributed by atoms with Gasteiger partial charge < -0.3 is 5.32 Å². The summed E-state index contributed by atoms with van der Waals surface area (Å²) >= 11 is 0. The lowest BCUT2D eigenvalue weighted by atomic mass is 9.95. The van der Waals surface area contributed by atoms with E-state index >= 15 is 0 Å². The number of piperidine rings is 1. The van der Waals surface area contributed by atoms with Crippen molar-refractivity contribution < 1.29 is 13.2 Å². The molecule has 2 aromatic rings. The molecule has 1 aliphatic rings. The van der Waals surface area contributed by atoms with Gasteiger partial charge in [0.15, 0.2) is 0 Å². The summed E-state index contributed by atoms with van der Waals surface area (Å²) in [5.41, 5.74) is 6.06. The maximum Gasteiger partial charge on any atom is 0.243 e. The molecule has 1 atom stereocenters. The summed E-state index contributed by atoms with van der Waals surface area (Å²) in [5.74, 6) is -0.160. The zero-order chi connectivity index (χ0) is 22.9. The Kier molecular flexibility index (Phi) is 6.92. The lowest BCUT2D eigenvalue weighted by Gasteiger charge is -2.32. The highest BCUT2D eigenvalue weighted by Gasteiger charge is 2.34. The smallest absolute Gasteiger partial charge is 0.243 e. The second-order valence-corrected chi connectivity index (χ2v) is 10.9. The second kappa shape index (κ2) is 9.13. The normalized spacial score (nSPS) is 16.8. The van der Waals surface area contributed by atoms with Crippen LogP contribution in [0.4, 0.5) is 0 Å². The first-order valence-corrected chi connectivity index (χ1v) is 12.4. The first kappa shape index (κ1) is 23.5. The predicted octanol–water partition coefficient (Wildman–Crippen LogP) is 4.51. The molecule has 3 rings (SSSR count). The number of benzene rings is 2. The van der Waals surface area contributed by atoms with Gasteiger partial charge in [0.1, 0.15) is 0 Å². The molecule has 0 saturated carbocycles. The van der Waals surface area contributed by atoms with Gasteiger partial charge >= 0.3 is 0 Å². The Hall–Kier alpha value is -2.18. The average molecular weight is 443 g/mol. The van der Waals surface area contributed by atoms with Crippen LogP contribution >= 0.6 is 0 Å². The Morgan fingerprint density at radius 2 is 1.52 bits per heavy atom. The number of hydrogen-bond acceptors (Lipinski definition) is 3. The van der Waals surface area contributed by atoms with E-state index < -0.39 is 10.0 Å². The van der Waals surface area contributed by atoms with Crippen LogP contribution in [0.3, 0.4) is 0 Å². The molecule has 0 radical (unpaired) electrons. The van der Waals surface area contributed by atoms with Crippen LogP contribution in [0.25, 0.3) is 0 Å². The third-order valence-corrected chi connectivity index (χ3v) is 8.49. The van der Waals surface area contributed by atoms with Crippen LogP contribution < -0.4 is 5.32 Å². The minimum absolute atomic E-state index is 0.00755. The van der Waals surface area contributed by atoms with Crippen molar-refractivity contribution in [1.29, 1.82) is 0 Å². The summed E-state index contributed by atoms with van der Waals surface area (Å²) in [5, 5.41) is 3.14. The van der Waals surface area contributed by atoms with E-state index in [1.165, 1.54) is 9.87 Å². The summed E-state index contributed by atoms with van der Waals surface area (Å²) in [6.45, 7) is 12.5. The van der Waals surface area contributed by atoms with Crippen molar-refractivity contribution in [3.8, 4) is 0 Å². The van der Waals surface area contributed by atoms with E-state index in [1.807, 2.05) is 46.8 Å². The van der Waals surface area contributed by atoms with Gasteiger partial charge in [0.25, 0.3) is 0 Å². The van der Waals surface area contributed by atoms with E-state index in [-0.39, 0.29) is 17.9 Å². The molecule has 1 amide bonds. The van der Waals surface area contributed by atoms with Crippen LogP contribution in [-0.4, -0.2) is 31.7 Å². The molecule has 0 aliphatic carbocycles. The molecule has 31 heavy (non-hydrogen) atoms. The number of carbonyl (C=O) groups excluding carboxylic acids is 1. The molecule has 6 heteroatoms. The van der Waals surface area contributed by atoms with Crippen molar-refractivity contribution in [1.82, 2.24) is 9.62 Å². The van der Waals surface area contributed by atoms with Gasteiger partial charge in [0, 0.05) is 19.0 Å². The standard InChI is InChI=1S/C25H34N2O3S/c1-16-7-8-18(3)23(15-16)21(6)26-25(28)22-9-11-27(12-10-22)31(29,30)24-19(4)13-17(2)14-20(24)5/h7-8,13-15,21-22H,9-12H2,1-6H3,(H,26,28). The van der Waals surface area contributed by atoms with Gasteiger partial charge in [-0.3, -0.25) is 4.79 Å². The maximum absolute atomic E-state index is 13.3. The van der Waals surface area contributed by atoms with Crippen LogP contribution in [0.1, 0.15) is 59.2 Å². The zero-order valence-electron chi connectivity index (χ0n) is 19.5. The number of nitrogens with zero attached hydrogens (tertiary/aromatic N) is 1. The molecular formula is C25H34N2O3S. The topological polar surface area (TPSA) is 66.5 Å². The van der Waals surface area contributed by atoms with Gasteiger partial charge in [0.05, 0.1) is 10.9 Å². The molecule has 0 bridgehead atoms. The minimum Gasteiger partial charge on any atom is -0.349 e. The summed E-state index contributed by atoms with van der Waals surface area (Å²) in [4.78, 5) is 13.3. The van der Waals surface area contributed by atoms with Crippen molar-refractivity contribution in [2.24, 2.45) is 5.92 Å².